The van der Waals surface area contributed by atoms with Crippen molar-refractivity contribution in [1.29, 1.82) is 0 Å². The predicted octanol–water partition coefficient (Wildman–Crippen LogP) is 4.86. The van der Waals surface area contributed by atoms with E-state index in [1.54, 1.807) is 0 Å². The molecule has 1 amide bonds. The number of anilines is 1. The Morgan fingerprint density at radius 3 is 2.18 bits per heavy atom. The molecule has 0 saturated carbocycles. The highest BCUT2D eigenvalue weighted by Crippen LogP contribution is 2.49. The molecule has 0 saturated heterocycles. The van der Waals surface area contributed by atoms with Crippen LogP contribution in [0.25, 0.3) is 0 Å². The first-order chi connectivity index (χ1) is 15.9. The maximum atomic E-state index is 14.0. The van der Waals surface area contributed by atoms with Crippen LogP contribution in [0.2, 0.25) is 0 Å². The molecule has 0 bridgehead atoms. The van der Waals surface area contributed by atoms with Crippen molar-refractivity contribution in [3.05, 3.63) is 59.7 Å². The van der Waals surface area contributed by atoms with E-state index in [0.717, 1.165) is 36.5 Å². The Morgan fingerprint density at radius 1 is 0.971 bits per heavy atom. The van der Waals surface area contributed by atoms with E-state index < -0.39 is 60.6 Å². The van der Waals surface area contributed by atoms with Crippen LogP contribution in [0.3, 0.4) is 0 Å². The lowest BCUT2D eigenvalue weighted by atomic mass is 9.88. The lowest BCUT2D eigenvalue weighted by molar-refractivity contribution is -0.318. The molecular formula is C21H21F7N2O4. The third-order valence-corrected chi connectivity index (χ3v) is 4.53. The van der Waals surface area contributed by atoms with Gasteiger partial charge in [0.2, 0.25) is 5.95 Å². The zero-order chi connectivity index (χ0) is 25.4. The van der Waals surface area contributed by atoms with Gasteiger partial charge in [-0.25, -0.2) is 4.98 Å². The molecular weight excluding hydrogens is 477 g/mol. The van der Waals surface area contributed by atoms with Crippen molar-refractivity contribution in [1.82, 2.24) is 4.98 Å². The molecule has 1 aromatic carbocycles. The molecule has 2 aromatic rings. The van der Waals surface area contributed by atoms with E-state index in [1.165, 1.54) is 13.2 Å². The summed E-state index contributed by atoms with van der Waals surface area (Å²) in [6.07, 6.45) is -11.9. The number of nitrogens with one attached hydrogen (secondary N) is 1. The number of hydrogen-bond acceptors (Lipinski definition) is 5. The SMILES string of the molecule is COCCOCCOC(CC(F)(F)F)(c1ccc(NC(=O)c2cccnc2F)cc1)C(F)(F)F. The first kappa shape index (κ1) is 27.5. The molecule has 0 fully saturated rings. The molecule has 34 heavy (non-hydrogen) atoms. The van der Waals surface area contributed by atoms with Gasteiger partial charge in [0, 0.05) is 19.0 Å². The Hall–Kier alpha value is -2.77. The predicted molar refractivity (Wildman–Crippen MR) is 106 cm³/mol. The Morgan fingerprint density at radius 2 is 1.62 bits per heavy atom. The van der Waals surface area contributed by atoms with Crippen LogP contribution in [-0.4, -0.2) is 56.8 Å². The molecule has 13 heteroatoms. The Bertz CT molecular complexity index is 936. The van der Waals surface area contributed by atoms with Gasteiger partial charge in [0.25, 0.3) is 5.91 Å². The topological polar surface area (TPSA) is 69.7 Å². The summed E-state index contributed by atoms with van der Waals surface area (Å²) in [4.78, 5) is 15.5. The van der Waals surface area contributed by atoms with Crippen LogP contribution in [-0.2, 0) is 19.8 Å². The minimum Gasteiger partial charge on any atom is -0.382 e. The van der Waals surface area contributed by atoms with E-state index in [-0.39, 0.29) is 18.9 Å². The second-order valence-electron chi connectivity index (χ2n) is 6.94. The summed E-state index contributed by atoms with van der Waals surface area (Å²) in [6.45, 7) is -1.02. The molecule has 1 aromatic heterocycles. The summed E-state index contributed by atoms with van der Waals surface area (Å²) in [5.74, 6) is -2.01. The molecule has 2 rings (SSSR count). The minimum atomic E-state index is -5.45. The van der Waals surface area contributed by atoms with Crippen LogP contribution in [0.1, 0.15) is 22.3 Å². The van der Waals surface area contributed by atoms with Crippen molar-refractivity contribution < 1.29 is 49.7 Å². The number of alkyl halides is 6. The van der Waals surface area contributed by atoms with Crippen molar-refractivity contribution in [3.63, 3.8) is 0 Å². The van der Waals surface area contributed by atoms with Crippen LogP contribution < -0.4 is 5.32 Å². The number of amides is 1. The second-order valence-corrected chi connectivity index (χ2v) is 6.94. The van der Waals surface area contributed by atoms with Gasteiger partial charge in [0.05, 0.1) is 38.4 Å². The maximum absolute atomic E-state index is 14.0. The van der Waals surface area contributed by atoms with Crippen LogP contribution in [0.4, 0.5) is 36.4 Å². The summed E-state index contributed by atoms with van der Waals surface area (Å²) < 4.78 is 110. The highest BCUT2D eigenvalue weighted by atomic mass is 19.4. The smallest absolute Gasteiger partial charge is 0.382 e. The number of ether oxygens (including phenoxy) is 3. The molecule has 1 atom stereocenters. The van der Waals surface area contributed by atoms with E-state index in [4.69, 9.17) is 14.2 Å². The fourth-order valence-corrected chi connectivity index (χ4v) is 2.96. The Balaban J connectivity index is 2.28. The standard InChI is InChI=1S/C21H21F7N2O4/c1-32-9-10-33-11-12-34-19(21(26,27)28,13-20(23,24)25)14-4-6-15(7-5-14)30-18(31)16-3-2-8-29-17(16)22/h2-8H,9-13H2,1H3,(H,30,31). The van der Waals surface area contributed by atoms with Gasteiger partial charge in [-0.3, -0.25) is 4.79 Å². The number of carbonyl (C=O) groups excluding carboxylic acids is 1. The fraction of sp³-hybridized carbons (Fsp3) is 0.429. The molecule has 1 unspecified atom stereocenters. The van der Waals surface area contributed by atoms with Crippen molar-refractivity contribution >= 4 is 11.6 Å². The molecule has 188 valence electrons. The Labute approximate surface area is 190 Å². The summed E-state index contributed by atoms with van der Waals surface area (Å²) in [5.41, 5.74) is -5.05. The van der Waals surface area contributed by atoms with Gasteiger partial charge in [-0.1, -0.05) is 12.1 Å². The van der Waals surface area contributed by atoms with Crippen LogP contribution in [0.5, 0.6) is 0 Å². The van der Waals surface area contributed by atoms with Crippen LogP contribution >= 0.6 is 0 Å². The largest absolute Gasteiger partial charge is 0.422 e. The Kier molecular flexibility index (Phi) is 9.36. The minimum absolute atomic E-state index is 0.0179. The number of carbonyl (C=O) groups is 1. The van der Waals surface area contributed by atoms with E-state index in [2.05, 4.69) is 10.3 Å². The number of hydrogen-bond donors (Lipinski definition) is 1. The van der Waals surface area contributed by atoms with Gasteiger partial charge >= 0.3 is 12.4 Å². The second kappa shape index (κ2) is 11.6. The lowest BCUT2D eigenvalue weighted by Crippen LogP contribution is -2.48. The summed E-state index contributed by atoms with van der Waals surface area (Å²) in [5, 5.41) is 2.24. The monoisotopic (exact) mass is 498 g/mol. The molecule has 0 aliphatic heterocycles. The molecule has 1 heterocycles. The van der Waals surface area contributed by atoms with E-state index in [0.29, 0.717) is 0 Å². The molecule has 0 radical (unpaired) electrons. The van der Waals surface area contributed by atoms with Crippen molar-refractivity contribution in [3.8, 4) is 0 Å². The normalized spacial score (nSPS) is 14.0. The molecule has 1 N–H and O–H groups in total. The number of benzene rings is 1. The summed E-state index contributed by atoms with van der Waals surface area (Å²) in [6, 6.07) is 5.84. The highest BCUT2D eigenvalue weighted by Gasteiger charge is 2.62. The zero-order valence-corrected chi connectivity index (χ0v) is 17.8. The number of halogens is 7. The van der Waals surface area contributed by atoms with Gasteiger partial charge in [-0.2, -0.15) is 30.7 Å². The van der Waals surface area contributed by atoms with Crippen LogP contribution in [0, 0.1) is 5.95 Å². The number of aromatic nitrogens is 1. The highest BCUT2D eigenvalue weighted by molar-refractivity contribution is 6.04. The van der Waals surface area contributed by atoms with Crippen molar-refractivity contribution in [2.75, 3.05) is 38.9 Å². The average molecular weight is 498 g/mol. The number of methoxy groups -OCH3 is 1. The number of rotatable bonds is 11. The zero-order valence-electron chi connectivity index (χ0n) is 17.8. The van der Waals surface area contributed by atoms with Gasteiger partial charge in [0.1, 0.15) is 0 Å². The van der Waals surface area contributed by atoms with E-state index >= 15 is 0 Å². The third-order valence-electron chi connectivity index (χ3n) is 4.53. The molecule has 0 aliphatic carbocycles. The van der Waals surface area contributed by atoms with Crippen molar-refractivity contribution in [2.24, 2.45) is 0 Å². The number of pyridine rings is 1. The van der Waals surface area contributed by atoms with E-state index in [1.807, 2.05) is 0 Å². The first-order valence-electron chi connectivity index (χ1n) is 9.76. The van der Waals surface area contributed by atoms with Gasteiger partial charge < -0.3 is 19.5 Å². The van der Waals surface area contributed by atoms with Gasteiger partial charge in [0.15, 0.2) is 5.60 Å². The van der Waals surface area contributed by atoms with Crippen molar-refractivity contribution in [2.45, 2.75) is 24.4 Å². The molecule has 0 aliphatic rings. The lowest BCUT2D eigenvalue weighted by Gasteiger charge is -2.36. The summed E-state index contributed by atoms with van der Waals surface area (Å²) >= 11 is 0. The molecule has 6 nitrogen and oxygen atoms in total. The average Bonchev–Trinajstić information content (AvgIpc) is 2.74. The van der Waals surface area contributed by atoms with Gasteiger partial charge in [-0.15, -0.1) is 0 Å². The first-order valence-corrected chi connectivity index (χ1v) is 9.76. The third kappa shape index (κ3) is 7.37. The van der Waals surface area contributed by atoms with Gasteiger partial charge in [-0.05, 0) is 29.8 Å². The van der Waals surface area contributed by atoms with E-state index in [9.17, 15) is 35.5 Å². The molecule has 0 spiro atoms. The quantitative estimate of drug-likeness (QED) is 0.272. The fourth-order valence-electron chi connectivity index (χ4n) is 2.96. The summed E-state index contributed by atoms with van der Waals surface area (Å²) in [7, 11) is 1.37. The maximum Gasteiger partial charge on any atom is 0.422 e. The van der Waals surface area contributed by atoms with Crippen LogP contribution in [0.15, 0.2) is 42.6 Å². The number of nitrogens with zero attached hydrogens (tertiary/aromatic N) is 1.